The summed E-state index contributed by atoms with van der Waals surface area (Å²) in [5.41, 5.74) is 5.75. The second-order valence-corrected chi connectivity index (χ2v) is 6.23. The lowest BCUT2D eigenvalue weighted by molar-refractivity contribution is 0.542. The fourth-order valence-corrected chi connectivity index (χ4v) is 2.78. The van der Waals surface area contributed by atoms with E-state index in [1.165, 1.54) is 0 Å². The van der Waals surface area contributed by atoms with Crippen LogP contribution in [0.3, 0.4) is 0 Å². The van der Waals surface area contributed by atoms with Crippen LogP contribution in [0.15, 0.2) is 23.1 Å². The first kappa shape index (κ1) is 16.3. The van der Waals surface area contributed by atoms with Crippen molar-refractivity contribution in [2.45, 2.75) is 23.8 Å². The Kier molecular flexibility index (Phi) is 5.26. The average molecular weight is 313 g/mol. The van der Waals surface area contributed by atoms with Gasteiger partial charge < -0.3 is 5.73 Å². The van der Waals surface area contributed by atoms with Gasteiger partial charge >= 0.3 is 0 Å². The first-order chi connectivity index (χ1) is 8.38. The molecule has 1 unspecified atom stereocenters. The number of halogens is 3. The summed E-state index contributed by atoms with van der Waals surface area (Å²) in [6.45, 7) is 0.0745. The second-order valence-electron chi connectivity index (χ2n) is 4.46. The molecule has 0 radical (unpaired) electrons. The average Bonchev–Trinajstić information content (AvgIpc) is 3.08. The quantitative estimate of drug-likeness (QED) is 0.863. The van der Waals surface area contributed by atoms with Gasteiger partial charge in [-0.1, -0.05) is 0 Å². The standard InChI is InChI=1S/C11H14F2N2O2S.ClH/c12-8-3-9(13)5-10(4-8)18(16,17)15-6-11(14)7-1-2-7;/h3-5,7,11,15H,1-2,6,14H2;1H. The van der Waals surface area contributed by atoms with Crippen molar-refractivity contribution in [2.75, 3.05) is 6.54 Å². The molecule has 0 aromatic heterocycles. The Labute approximate surface area is 116 Å². The summed E-state index contributed by atoms with van der Waals surface area (Å²) in [7, 11) is -3.92. The van der Waals surface area contributed by atoms with Crippen LogP contribution < -0.4 is 10.5 Å². The summed E-state index contributed by atoms with van der Waals surface area (Å²) in [4.78, 5) is -0.428. The molecule has 1 aliphatic carbocycles. The smallest absolute Gasteiger partial charge is 0.240 e. The number of nitrogens with two attached hydrogens (primary N) is 1. The molecule has 1 atom stereocenters. The molecule has 3 N–H and O–H groups in total. The lowest BCUT2D eigenvalue weighted by Crippen LogP contribution is -2.38. The monoisotopic (exact) mass is 312 g/mol. The normalized spacial score (nSPS) is 16.8. The minimum Gasteiger partial charge on any atom is -0.326 e. The summed E-state index contributed by atoms with van der Waals surface area (Å²) in [5.74, 6) is -1.51. The Hall–Kier alpha value is -0.760. The number of hydrogen-bond acceptors (Lipinski definition) is 3. The summed E-state index contributed by atoms with van der Waals surface area (Å²) in [6.07, 6.45) is 2.00. The van der Waals surface area contributed by atoms with Gasteiger partial charge in [-0.3, -0.25) is 0 Å². The number of benzene rings is 1. The summed E-state index contributed by atoms with van der Waals surface area (Å²) in [6, 6.07) is 1.91. The van der Waals surface area contributed by atoms with E-state index in [1.807, 2.05) is 0 Å². The molecule has 1 aromatic rings. The Bertz CT molecular complexity index is 529. The predicted octanol–water partition coefficient (Wildman–Crippen LogP) is 1.40. The minimum absolute atomic E-state index is 0. The van der Waals surface area contributed by atoms with E-state index in [9.17, 15) is 17.2 Å². The third-order valence-electron chi connectivity index (χ3n) is 2.88. The molecule has 2 rings (SSSR count). The SMILES string of the molecule is Cl.NC(CNS(=O)(=O)c1cc(F)cc(F)c1)C1CC1. The van der Waals surface area contributed by atoms with Gasteiger partial charge in [-0.15, -0.1) is 12.4 Å². The highest BCUT2D eigenvalue weighted by Crippen LogP contribution is 2.31. The summed E-state index contributed by atoms with van der Waals surface area (Å²) < 4.78 is 51.7. The highest BCUT2D eigenvalue weighted by atomic mass is 35.5. The van der Waals surface area contributed by atoms with E-state index in [0.717, 1.165) is 25.0 Å². The second kappa shape index (κ2) is 6.13. The van der Waals surface area contributed by atoms with Gasteiger partial charge in [0.1, 0.15) is 11.6 Å². The van der Waals surface area contributed by atoms with Crippen LogP contribution in [0.1, 0.15) is 12.8 Å². The molecule has 1 saturated carbocycles. The van der Waals surface area contributed by atoms with E-state index in [1.54, 1.807) is 0 Å². The van der Waals surface area contributed by atoms with E-state index >= 15 is 0 Å². The molecule has 1 aliphatic rings. The molecule has 0 amide bonds. The van der Waals surface area contributed by atoms with E-state index in [0.29, 0.717) is 12.0 Å². The van der Waals surface area contributed by atoms with E-state index < -0.39 is 26.6 Å². The van der Waals surface area contributed by atoms with E-state index in [-0.39, 0.29) is 25.0 Å². The van der Waals surface area contributed by atoms with Crippen molar-refractivity contribution in [1.29, 1.82) is 0 Å². The Morgan fingerprint density at radius 2 is 1.79 bits per heavy atom. The van der Waals surface area contributed by atoms with Gasteiger partial charge in [0.05, 0.1) is 4.90 Å². The maximum Gasteiger partial charge on any atom is 0.240 e. The van der Waals surface area contributed by atoms with Crippen molar-refractivity contribution < 1.29 is 17.2 Å². The zero-order valence-corrected chi connectivity index (χ0v) is 11.6. The number of sulfonamides is 1. The van der Waals surface area contributed by atoms with E-state index in [2.05, 4.69) is 4.72 Å². The highest BCUT2D eigenvalue weighted by Gasteiger charge is 2.29. The molecule has 19 heavy (non-hydrogen) atoms. The molecule has 4 nitrogen and oxygen atoms in total. The van der Waals surface area contributed by atoms with Crippen LogP contribution in [-0.4, -0.2) is 21.0 Å². The lowest BCUT2D eigenvalue weighted by atomic mass is 10.2. The fourth-order valence-electron chi connectivity index (χ4n) is 1.66. The topological polar surface area (TPSA) is 72.2 Å². The third kappa shape index (κ3) is 4.38. The minimum atomic E-state index is -3.92. The van der Waals surface area contributed by atoms with Crippen molar-refractivity contribution in [2.24, 2.45) is 11.7 Å². The predicted molar refractivity (Wildman–Crippen MR) is 69.5 cm³/mol. The molecule has 0 bridgehead atoms. The molecule has 0 spiro atoms. The van der Waals surface area contributed by atoms with Gasteiger partial charge in [0, 0.05) is 18.7 Å². The first-order valence-corrected chi connectivity index (χ1v) is 7.08. The number of hydrogen-bond donors (Lipinski definition) is 2. The number of rotatable bonds is 5. The molecule has 0 aliphatic heterocycles. The Morgan fingerprint density at radius 3 is 2.26 bits per heavy atom. The van der Waals surface area contributed by atoms with E-state index in [4.69, 9.17) is 5.73 Å². The maximum atomic E-state index is 12.9. The lowest BCUT2D eigenvalue weighted by Gasteiger charge is -2.12. The van der Waals surface area contributed by atoms with Gasteiger partial charge in [0.25, 0.3) is 0 Å². The Balaban J connectivity index is 0.00000180. The molecule has 108 valence electrons. The molecular formula is C11H15ClF2N2O2S. The molecule has 0 heterocycles. The van der Waals surface area contributed by atoms with Gasteiger partial charge in [-0.25, -0.2) is 21.9 Å². The van der Waals surface area contributed by atoms with Gasteiger partial charge in [-0.2, -0.15) is 0 Å². The third-order valence-corrected chi connectivity index (χ3v) is 4.29. The molecule has 0 saturated heterocycles. The zero-order valence-electron chi connectivity index (χ0n) is 9.97. The first-order valence-electron chi connectivity index (χ1n) is 5.60. The van der Waals surface area contributed by atoms with Crippen LogP contribution in [0.25, 0.3) is 0 Å². The van der Waals surface area contributed by atoms with Crippen LogP contribution in [0.5, 0.6) is 0 Å². The van der Waals surface area contributed by atoms with Crippen LogP contribution in [0, 0.1) is 17.6 Å². The van der Waals surface area contributed by atoms with Crippen molar-refractivity contribution >= 4 is 22.4 Å². The van der Waals surface area contributed by atoms with Crippen LogP contribution in [0.4, 0.5) is 8.78 Å². The van der Waals surface area contributed by atoms with Gasteiger partial charge in [0.15, 0.2) is 0 Å². The van der Waals surface area contributed by atoms with Crippen molar-refractivity contribution in [3.05, 3.63) is 29.8 Å². The van der Waals surface area contributed by atoms with Crippen molar-refractivity contribution in [3.63, 3.8) is 0 Å². The zero-order chi connectivity index (χ0) is 13.3. The highest BCUT2D eigenvalue weighted by molar-refractivity contribution is 7.89. The molecule has 1 aromatic carbocycles. The largest absolute Gasteiger partial charge is 0.326 e. The van der Waals surface area contributed by atoms with Gasteiger partial charge in [0.2, 0.25) is 10.0 Å². The van der Waals surface area contributed by atoms with Crippen LogP contribution in [-0.2, 0) is 10.0 Å². The summed E-state index contributed by atoms with van der Waals surface area (Å²) in [5, 5.41) is 0. The van der Waals surface area contributed by atoms with Crippen molar-refractivity contribution in [3.8, 4) is 0 Å². The summed E-state index contributed by atoms with van der Waals surface area (Å²) >= 11 is 0. The maximum absolute atomic E-state index is 12.9. The van der Waals surface area contributed by atoms with Gasteiger partial charge in [-0.05, 0) is 30.9 Å². The number of nitrogens with one attached hydrogen (secondary N) is 1. The molecule has 8 heteroatoms. The van der Waals surface area contributed by atoms with Crippen LogP contribution >= 0.6 is 12.4 Å². The van der Waals surface area contributed by atoms with Crippen molar-refractivity contribution in [1.82, 2.24) is 4.72 Å². The Morgan fingerprint density at radius 1 is 1.26 bits per heavy atom. The van der Waals surface area contributed by atoms with Crippen LogP contribution in [0.2, 0.25) is 0 Å². The molecular weight excluding hydrogens is 298 g/mol. The molecule has 1 fully saturated rings. The fraction of sp³-hybridized carbons (Fsp3) is 0.455.